The van der Waals surface area contributed by atoms with Crippen molar-refractivity contribution in [2.45, 2.75) is 6.04 Å². The molecule has 0 fully saturated rings. The van der Waals surface area contributed by atoms with Gasteiger partial charge in [0.15, 0.2) is 0 Å². The van der Waals surface area contributed by atoms with E-state index in [1.54, 1.807) is 16.8 Å². The van der Waals surface area contributed by atoms with Crippen molar-refractivity contribution in [1.82, 2.24) is 20.0 Å². The van der Waals surface area contributed by atoms with Gasteiger partial charge in [-0.25, -0.2) is 10.5 Å². The Bertz CT molecular complexity index is 814. The summed E-state index contributed by atoms with van der Waals surface area (Å²) in [5.41, 5.74) is 3.40. The highest BCUT2D eigenvalue weighted by atomic mass is 35.5. The van der Waals surface area contributed by atoms with Crippen molar-refractivity contribution in [3.63, 3.8) is 0 Å². The Labute approximate surface area is 132 Å². The van der Waals surface area contributed by atoms with Crippen molar-refractivity contribution in [2.75, 3.05) is 0 Å². The van der Waals surface area contributed by atoms with E-state index in [2.05, 4.69) is 10.3 Å². The lowest BCUT2D eigenvalue weighted by Gasteiger charge is -2.25. The molecule has 0 aliphatic heterocycles. The minimum Gasteiger partial charge on any atom is -0.277 e. The molecule has 0 aliphatic carbocycles. The van der Waals surface area contributed by atoms with Crippen LogP contribution in [0.4, 0.5) is 0 Å². The molecular formula is C15H14ClN5O. The fourth-order valence-electron chi connectivity index (χ4n) is 2.46. The molecule has 112 valence electrons. The number of fused-ring (bicyclic) bond motifs is 1. The van der Waals surface area contributed by atoms with Gasteiger partial charge in [-0.3, -0.25) is 9.80 Å². The summed E-state index contributed by atoms with van der Waals surface area (Å²) in [4.78, 5) is 11.2. The number of hydrogen-bond acceptors (Lipinski definition) is 4. The first-order chi connectivity index (χ1) is 10.6. The highest BCUT2D eigenvalue weighted by Gasteiger charge is 2.20. The fraction of sp³-hybridized carbons (Fsp3) is 0.133. The standard InChI is InChI=1S/C15H14ClN5O/c1-20-14-8-11(4-7-13(14)18-19-20)15(21(17)9-22)10-2-5-12(16)6-3-10/h2-9,15H,17H2,1H3. The highest BCUT2D eigenvalue weighted by molar-refractivity contribution is 6.30. The quantitative estimate of drug-likeness (QED) is 0.346. The van der Waals surface area contributed by atoms with Crippen molar-refractivity contribution in [3.8, 4) is 0 Å². The molecule has 22 heavy (non-hydrogen) atoms. The van der Waals surface area contributed by atoms with Gasteiger partial charge >= 0.3 is 0 Å². The number of aryl methyl sites for hydroxylation is 1. The molecule has 6 nitrogen and oxygen atoms in total. The van der Waals surface area contributed by atoms with E-state index < -0.39 is 6.04 Å². The molecule has 7 heteroatoms. The molecule has 1 heterocycles. The maximum absolute atomic E-state index is 11.2. The van der Waals surface area contributed by atoms with Crippen LogP contribution in [0.3, 0.4) is 0 Å². The lowest BCUT2D eigenvalue weighted by Crippen LogP contribution is -2.34. The summed E-state index contributed by atoms with van der Waals surface area (Å²) < 4.78 is 1.68. The molecule has 0 saturated carbocycles. The molecule has 1 amide bonds. The second-order valence-corrected chi connectivity index (χ2v) is 5.40. The van der Waals surface area contributed by atoms with Gasteiger partial charge in [0.25, 0.3) is 0 Å². The molecule has 1 atom stereocenters. The molecule has 3 aromatic rings. The summed E-state index contributed by atoms with van der Waals surface area (Å²) in [7, 11) is 1.82. The average molecular weight is 316 g/mol. The number of aromatic nitrogens is 3. The number of amides is 1. The van der Waals surface area contributed by atoms with Crippen LogP contribution >= 0.6 is 11.6 Å². The molecule has 0 bridgehead atoms. The zero-order valence-corrected chi connectivity index (χ0v) is 12.6. The third-order valence-electron chi connectivity index (χ3n) is 3.56. The molecule has 1 aromatic heterocycles. The Morgan fingerprint density at radius 2 is 1.91 bits per heavy atom. The van der Waals surface area contributed by atoms with Gasteiger partial charge in [0.1, 0.15) is 5.52 Å². The first kappa shape index (κ1) is 14.5. The Morgan fingerprint density at radius 1 is 1.23 bits per heavy atom. The number of benzene rings is 2. The van der Waals surface area contributed by atoms with Crippen molar-refractivity contribution < 1.29 is 4.79 Å². The average Bonchev–Trinajstić information content (AvgIpc) is 2.90. The Kier molecular flexibility index (Phi) is 3.79. The van der Waals surface area contributed by atoms with Crippen LogP contribution in [0.2, 0.25) is 5.02 Å². The normalized spacial score (nSPS) is 12.3. The summed E-state index contributed by atoms with van der Waals surface area (Å²) in [5.74, 6) is 5.87. The molecule has 2 aromatic carbocycles. The maximum Gasteiger partial charge on any atom is 0.224 e. The lowest BCUT2D eigenvalue weighted by atomic mass is 9.98. The summed E-state index contributed by atoms with van der Waals surface area (Å²) >= 11 is 5.93. The second-order valence-electron chi connectivity index (χ2n) is 4.97. The van der Waals surface area contributed by atoms with E-state index in [1.807, 2.05) is 37.4 Å². The number of hydrogen-bond donors (Lipinski definition) is 1. The number of carbonyl (C=O) groups excluding carboxylic acids is 1. The molecule has 0 saturated heterocycles. The van der Waals surface area contributed by atoms with Crippen LogP contribution in [0.15, 0.2) is 42.5 Å². The van der Waals surface area contributed by atoms with E-state index in [4.69, 9.17) is 17.4 Å². The molecule has 3 rings (SSSR count). The number of nitrogens with two attached hydrogens (primary N) is 1. The number of halogens is 1. The first-order valence-electron chi connectivity index (χ1n) is 6.63. The maximum atomic E-state index is 11.2. The summed E-state index contributed by atoms with van der Waals surface area (Å²) in [6.45, 7) is 0. The van der Waals surface area contributed by atoms with Gasteiger partial charge < -0.3 is 0 Å². The smallest absolute Gasteiger partial charge is 0.224 e. The van der Waals surface area contributed by atoms with Crippen LogP contribution in [-0.4, -0.2) is 26.4 Å². The zero-order chi connectivity index (χ0) is 15.7. The summed E-state index contributed by atoms with van der Waals surface area (Å²) in [6.07, 6.45) is 0.602. The van der Waals surface area contributed by atoms with E-state index >= 15 is 0 Å². The topological polar surface area (TPSA) is 77.0 Å². The number of carbonyl (C=O) groups is 1. The molecule has 0 aliphatic rings. The fourth-order valence-corrected chi connectivity index (χ4v) is 2.59. The highest BCUT2D eigenvalue weighted by Crippen LogP contribution is 2.28. The van der Waals surface area contributed by atoms with Crippen molar-refractivity contribution in [2.24, 2.45) is 12.9 Å². The third kappa shape index (κ3) is 2.54. The summed E-state index contributed by atoms with van der Waals surface area (Å²) in [5, 5.41) is 9.79. The SMILES string of the molecule is Cn1nnc2ccc(C(c3ccc(Cl)cc3)N(N)C=O)cc21. The van der Waals surface area contributed by atoms with Gasteiger partial charge in [0.2, 0.25) is 6.41 Å². The van der Waals surface area contributed by atoms with Crippen LogP contribution in [0.5, 0.6) is 0 Å². The van der Waals surface area contributed by atoms with Gasteiger partial charge in [-0.2, -0.15) is 0 Å². The number of rotatable bonds is 4. The zero-order valence-electron chi connectivity index (χ0n) is 11.8. The van der Waals surface area contributed by atoms with Crippen LogP contribution < -0.4 is 5.84 Å². The molecule has 1 unspecified atom stereocenters. The molecular weight excluding hydrogens is 302 g/mol. The van der Waals surface area contributed by atoms with Gasteiger partial charge in [0, 0.05) is 12.1 Å². The minimum absolute atomic E-state index is 0.408. The van der Waals surface area contributed by atoms with Crippen LogP contribution in [0.25, 0.3) is 11.0 Å². The van der Waals surface area contributed by atoms with E-state index in [0.29, 0.717) is 11.4 Å². The van der Waals surface area contributed by atoms with E-state index in [9.17, 15) is 4.79 Å². The largest absolute Gasteiger partial charge is 0.277 e. The molecule has 2 N–H and O–H groups in total. The van der Waals surface area contributed by atoms with Gasteiger partial charge in [-0.15, -0.1) is 5.10 Å². The van der Waals surface area contributed by atoms with Gasteiger partial charge in [-0.1, -0.05) is 35.0 Å². The predicted molar refractivity (Wildman–Crippen MR) is 83.9 cm³/mol. The summed E-state index contributed by atoms with van der Waals surface area (Å²) in [6, 6.07) is 12.5. The molecule has 0 radical (unpaired) electrons. The van der Waals surface area contributed by atoms with Crippen molar-refractivity contribution >= 4 is 29.0 Å². The number of nitrogens with zero attached hydrogens (tertiary/aromatic N) is 4. The van der Waals surface area contributed by atoms with Crippen LogP contribution in [-0.2, 0) is 11.8 Å². The Hall–Kier alpha value is -2.44. The minimum atomic E-state index is -0.408. The number of hydrazine groups is 1. The van der Waals surface area contributed by atoms with Gasteiger partial charge in [0.05, 0.1) is 11.6 Å². The van der Waals surface area contributed by atoms with Gasteiger partial charge in [-0.05, 0) is 35.4 Å². The molecule has 0 spiro atoms. The van der Waals surface area contributed by atoms with Crippen molar-refractivity contribution in [1.29, 1.82) is 0 Å². The van der Waals surface area contributed by atoms with E-state index in [0.717, 1.165) is 27.2 Å². The van der Waals surface area contributed by atoms with Crippen LogP contribution in [0, 0.1) is 0 Å². The lowest BCUT2D eigenvalue weighted by molar-refractivity contribution is -0.119. The van der Waals surface area contributed by atoms with E-state index in [1.165, 1.54) is 0 Å². The predicted octanol–water partition coefficient (Wildman–Crippen LogP) is 2.04. The van der Waals surface area contributed by atoms with Crippen LogP contribution in [0.1, 0.15) is 17.2 Å². The Balaban J connectivity index is 2.12. The Morgan fingerprint density at radius 3 is 2.59 bits per heavy atom. The van der Waals surface area contributed by atoms with E-state index in [-0.39, 0.29) is 0 Å². The first-order valence-corrected chi connectivity index (χ1v) is 7.01. The second kappa shape index (κ2) is 5.75. The monoisotopic (exact) mass is 315 g/mol. The van der Waals surface area contributed by atoms with Crippen molar-refractivity contribution in [3.05, 3.63) is 58.6 Å². The third-order valence-corrected chi connectivity index (χ3v) is 3.81.